The Labute approximate surface area is 226 Å². The fraction of sp³-hybridized carbons (Fsp3) is 0.594. The Balaban J connectivity index is 1.27. The van der Waals surface area contributed by atoms with Gasteiger partial charge in [-0.1, -0.05) is 25.3 Å². The summed E-state index contributed by atoms with van der Waals surface area (Å²) in [6.45, 7) is 8.60. The fourth-order valence-corrected chi connectivity index (χ4v) is 7.62. The highest BCUT2D eigenvalue weighted by Crippen LogP contribution is 2.46. The Morgan fingerprint density at radius 3 is 2.58 bits per heavy atom. The Morgan fingerprint density at radius 2 is 1.87 bits per heavy atom. The zero-order chi connectivity index (χ0) is 26.4. The molecule has 2 aliphatic carbocycles. The summed E-state index contributed by atoms with van der Waals surface area (Å²) in [5.74, 6) is 2.49. The first kappa shape index (κ1) is 25.7. The van der Waals surface area contributed by atoms with Crippen LogP contribution in [0.25, 0.3) is 18.0 Å². The van der Waals surface area contributed by atoms with E-state index in [1.54, 1.807) is 18.0 Å². The van der Waals surface area contributed by atoms with Gasteiger partial charge in [-0.3, -0.25) is 4.79 Å². The molecule has 1 N–H and O–H groups in total. The van der Waals surface area contributed by atoms with Crippen LogP contribution in [0, 0.1) is 23.6 Å². The maximum atomic E-state index is 14.4. The first-order valence-electron chi connectivity index (χ1n) is 14.8. The minimum Gasteiger partial charge on any atom is -0.386 e. The van der Waals surface area contributed by atoms with Crippen molar-refractivity contribution in [3.8, 4) is 5.69 Å². The van der Waals surface area contributed by atoms with E-state index in [0.29, 0.717) is 11.5 Å². The standard InChI is InChI=1S/C32H43FN4O/c1-21(2)35(3)32(38)28-15-26(33)9-10-30(28)37-20-29(27-11-12-34-16-31(27)37)23-13-24-18-36(19-25(24)14-23)17-22-7-5-4-6-8-22/h9-11,15-16,20-25,34H,4-8,12-14,17-19H2,1-3H3. The zero-order valence-corrected chi connectivity index (χ0v) is 23.3. The molecule has 204 valence electrons. The summed E-state index contributed by atoms with van der Waals surface area (Å²) in [6.07, 6.45) is 16.2. The highest BCUT2D eigenvalue weighted by atomic mass is 19.1. The average molecular weight is 519 g/mol. The number of amides is 1. The molecule has 1 saturated heterocycles. The van der Waals surface area contributed by atoms with E-state index in [4.69, 9.17) is 0 Å². The van der Waals surface area contributed by atoms with Crippen LogP contribution in [0.15, 0.2) is 24.4 Å². The van der Waals surface area contributed by atoms with E-state index in [9.17, 15) is 9.18 Å². The highest BCUT2D eigenvalue weighted by Gasteiger charge is 2.42. The Kier molecular flexibility index (Phi) is 7.10. The molecule has 5 nitrogen and oxygen atoms in total. The van der Waals surface area contributed by atoms with Gasteiger partial charge in [0.25, 0.3) is 5.91 Å². The number of rotatable bonds is 6. The maximum absolute atomic E-state index is 14.4. The molecule has 0 radical (unpaired) electrons. The van der Waals surface area contributed by atoms with Crippen molar-refractivity contribution in [2.45, 2.75) is 70.8 Å². The summed E-state index contributed by atoms with van der Waals surface area (Å²) in [6, 6.07) is 4.65. The molecule has 1 amide bonds. The van der Waals surface area contributed by atoms with Gasteiger partial charge in [0.1, 0.15) is 5.82 Å². The van der Waals surface area contributed by atoms with Gasteiger partial charge >= 0.3 is 0 Å². The van der Waals surface area contributed by atoms with Gasteiger partial charge in [0.15, 0.2) is 0 Å². The number of likely N-dealkylation sites (tertiary alicyclic amines) is 1. The van der Waals surface area contributed by atoms with Crippen molar-refractivity contribution in [3.63, 3.8) is 0 Å². The fourth-order valence-electron chi connectivity index (χ4n) is 7.62. The van der Waals surface area contributed by atoms with Crippen molar-refractivity contribution in [2.24, 2.45) is 17.8 Å². The van der Waals surface area contributed by atoms with Gasteiger partial charge in [-0.15, -0.1) is 0 Å². The van der Waals surface area contributed by atoms with E-state index in [0.717, 1.165) is 35.3 Å². The molecule has 2 saturated carbocycles. The first-order valence-corrected chi connectivity index (χ1v) is 14.8. The lowest BCUT2D eigenvalue weighted by atomic mass is 9.89. The van der Waals surface area contributed by atoms with Gasteiger partial charge in [-0.05, 0) is 87.0 Å². The molecule has 3 fully saturated rings. The Bertz CT molecular complexity index is 1290. The van der Waals surface area contributed by atoms with Crippen molar-refractivity contribution in [2.75, 3.05) is 33.2 Å². The molecule has 3 heterocycles. The molecule has 0 spiro atoms. The van der Waals surface area contributed by atoms with Gasteiger partial charge in [-0.25, -0.2) is 4.39 Å². The second-order valence-corrected chi connectivity index (χ2v) is 12.6. The predicted octanol–water partition coefficient (Wildman–Crippen LogP) is 4.22. The summed E-state index contributed by atoms with van der Waals surface area (Å²) in [7, 11) is 1.79. The minimum absolute atomic E-state index is 0.0323. The summed E-state index contributed by atoms with van der Waals surface area (Å²) in [5, 5.41) is 5.71. The molecule has 6 rings (SSSR count). The van der Waals surface area contributed by atoms with Crippen molar-refractivity contribution in [1.29, 1.82) is 0 Å². The summed E-state index contributed by atoms with van der Waals surface area (Å²) in [4.78, 5) is 17.8. The van der Waals surface area contributed by atoms with Gasteiger partial charge in [0, 0.05) is 56.9 Å². The molecule has 0 bridgehead atoms. The van der Waals surface area contributed by atoms with Gasteiger partial charge in [0.2, 0.25) is 0 Å². The van der Waals surface area contributed by atoms with Crippen LogP contribution in [0.4, 0.5) is 4.39 Å². The zero-order valence-electron chi connectivity index (χ0n) is 23.3. The number of hydrogen-bond donors (Lipinski definition) is 1. The van der Waals surface area contributed by atoms with E-state index >= 15 is 0 Å². The minimum atomic E-state index is -0.384. The highest BCUT2D eigenvalue weighted by molar-refractivity contribution is 5.98. The largest absolute Gasteiger partial charge is 0.386 e. The van der Waals surface area contributed by atoms with Gasteiger partial charge in [-0.2, -0.15) is 0 Å². The van der Waals surface area contributed by atoms with Crippen LogP contribution < -0.4 is 15.9 Å². The van der Waals surface area contributed by atoms with Crippen LogP contribution in [0.2, 0.25) is 0 Å². The van der Waals surface area contributed by atoms with Crippen molar-refractivity contribution < 1.29 is 9.18 Å². The number of fused-ring (bicyclic) bond motifs is 2. The predicted molar refractivity (Wildman–Crippen MR) is 151 cm³/mol. The molecule has 1 aromatic carbocycles. The number of hydrogen-bond acceptors (Lipinski definition) is 3. The first-order chi connectivity index (χ1) is 18.4. The molecule has 4 aliphatic rings. The summed E-state index contributed by atoms with van der Waals surface area (Å²) >= 11 is 0. The summed E-state index contributed by atoms with van der Waals surface area (Å²) in [5.41, 5.74) is 2.55. The SMILES string of the molecule is CC(C)N(C)C(=O)c1cc(F)ccc1-n1cc(C2CC3CN(CC4CCCCC4)CC3C2)c2c1=CNCC=2. The van der Waals surface area contributed by atoms with Crippen LogP contribution >= 0.6 is 0 Å². The van der Waals surface area contributed by atoms with Crippen molar-refractivity contribution in [1.82, 2.24) is 19.7 Å². The van der Waals surface area contributed by atoms with E-state index in [1.807, 2.05) is 13.8 Å². The third-order valence-corrected chi connectivity index (χ3v) is 9.83. The molecule has 1 aromatic heterocycles. The topological polar surface area (TPSA) is 40.5 Å². The van der Waals surface area contributed by atoms with Gasteiger partial charge in [0.05, 0.1) is 16.6 Å². The molecule has 2 aliphatic heterocycles. The van der Waals surface area contributed by atoms with Crippen molar-refractivity contribution >= 4 is 18.2 Å². The van der Waals surface area contributed by atoms with E-state index < -0.39 is 0 Å². The normalized spacial score (nSPS) is 25.4. The molecule has 2 atom stereocenters. The Morgan fingerprint density at radius 1 is 1.13 bits per heavy atom. The van der Waals surface area contributed by atoms with Crippen LogP contribution in [0.5, 0.6) is 0 Å². The lowest BCUT2D eigenvalue weighted by Gasteiger charge is -2.27. The van der Waals surface area contributed by atoms with E-state index in [2.05, 4.69) is 33.3 Å². The van der Waals surface area contributed by atoms with E-state index in [1.165, 1.54) is 87.5 Å². The number of nitrogens with one attached hydrogen (secondary N) is 1. The molecule has 2 unspecified atom stereocenters. The number of halogens is 1. The molecular formula is C32H43FN4O. The van der Waals surface area contributed by atoms with Crippen molar-refractivity contribution in [3.05, 3.63) is 51.9 Å². The number of nitrogens with zero attached hydrogens (tertiary/aromatic N) is 3. The molecule has 2 aromatic rings. The monoisotopic (exact) mass is 518 g/mol. The number of carbonyl (C=O) groups is 1. The Hall–Kier alpha value is -2.60. The van der Waals surface area contributed by atoms with Crippen LogP contribution in [-0.2, 0) is 0 Å². The van der Waals surface area contributed by atoms with Crippen LogP contribution in [0.3, 0.4) is 0 Å². The van der Waals surface area contributed by atoms with Gasteiger partial charge < -0.3 is 19.7 Å². The average Bonchev–Trinajstić information content (AvgIpc) is 3.60. The lowest BCUT2D eigenvalue weighted by molar-refractivity contribution is 0.0754. The maximum Gasteiger partial charge on any atom is 0.256 e. The quantitative estimate of drug-likeness (QED) is 0.623. The second-order valence-electron chi connectivity index (χ2n) is 12.6. The lowest BCUT2D eigenvalue weighted by Crippen LogP contribution is -2.38. The number of aromatic nitrogens is 1. The summed E-state index contributed by atoms with van der Waals surface area (Å²) < 4.78 is 16.5. The van der Waals surface area contributed by atoms with E-state index in [-0.39, 0.29) is 17.8 Å². The molecular weight excluding hydrogens is 475 g/mol. The molecule has 38 heavy (non-hydrogen) atoms. The smallest absolute Gasteiger partial charge is 0.256 e. The molecule has 6 heteroatoms. The second kappa shape index (κ2) is 10.5. The third-order valence-electron chi connectivity index (χ3n) is 9.83. The number of carbonyl (C=O) groups excluding carboxylic acids is 1. The van der Waals surface area contributed by atoms with Crippen LogP contribution in [0.1, 0.15) is 80.6 Å². The third kappa shape index (κ3) is 4.81. The number of benzene rings is 1. The van der Waals surface area contributed by atoms with Crippen LogP contribution in [-0.4, -0.2) is 59.5 Å².